The number of carbonyl (C=O) groups is 2. The third-order valence-corrected chi connectivity index (χ3v) is 7.55. The molecule has 3 rings (SSSR count). The highest BCUT2D eigenvalue weighted by Crippen LogP contribution is 2.24. The molecule has 2 heterocycles. The van der Waals surface area contributed by atoms with Crippen LogP contribution in [0.1, 0.15) is 28.9 Å². The minimum atomic E-state index is -3.52. The molecule has 10 nitrogen and oxygen atoms in total. The van der Waals surface area contributed by atoms with Gasteiger partial charge in [0, 0.05) is 24.5 Å². The van der Waals surface area contributed by atoms with Crippen molar-refractivity contribution < 1.29 is 22.7 Å². The molecule has 1 aliphatic heterocycles. The van der Waals surface area contributed by atoms with Gasteiger partial charge in [0.05, 0.1) is 17.8 Å². The highest BCUT2D eigenvalue weighted by molar-refractivity contribution is 8.00. The van der Waals surface area contributed by atoms with Gasteiger partial charge in [-0.1, -0.05) is 11.8 Å². The van der Waals surface area contributed by atoms with E-state index < -0.39 is 27.6 Å². The molecule has 31 heavy (non-hydrogen) atoms. The van der Waals surface area contributed by atoms with Gasteiger partial charge in [-0.15, -0.1) is 0 Å². The maximum atomic E-state index is 12.6. The van der Waals surface area contributed by atoms with Gasteiger partial charge in [-0.3, -0.25) is 4.79 Å². The van der Waals surface area contributed by atoms with Gasteiger partial charge >= 0.3 is 11.7 Å². The van der Waals surface area contributed by atoms with Crippen molar-refractivity contribution in [2.75, 3.05) is 31.3 Å². The van der Waals surface area contributed by atoms with Crippen LogP contribution in [0.2, 0.25) is 0 Å². The van der Waals surface area contributed by atoms with Gasteiger partial charge in [0.1, 0.15) is 10.6 Å². The first-order valence-corrected chi connectivity index (χ1v) is 11.9. The number of anilines is 1. The molecule has 0 bridgehead atoms. The number of thioether (sulfide) groups is 1. The van der Waals surface area contributed by atoms with Gasteiger partial charge in [-0.25, -0.2) is 18.0 Å². The lowest BCUT2D eigenvalue weighted by Gasteiger charge is -2.15. The van der Waals surface area contributed by atoms with Gasteiger partial charge < -0.3 is 15.0 Å². The summed E-state index contributed by atoms with van der Waals surface area (Å²) >= 11 is 0.924. The predicted molar refractivity (Wildman–Crippen MR) is 115 cm³/mol. The molecule has 1 amide bonds. The van der Waals surface area contributed by atoms with E-state index in [0.717, 1.165) is 24.6 Å². The predicted octanol–water partition coefficient (Wildman–Crippen LogP) is 1.38. The topological polar surface area (TPSA) is 139 Å². The normalized spacial score (nSPS) is 14.4. The van der Waals surface area contributed by atoms with Crippen molar-refractivity contribution in [1.82, 2.24) is 14.3 Å². The monoisotopic (exact) mass is 466 g/mol. The van der Waals surface area contributed by atoms with E-state index in [1.54, 1.807) is 0 Å². The first kappa shape index (κ1) is 23.0. The number of amides is 1. The van der Waals surface area contributed by atoms with Gasteiger partial charge in [0.2, 0.25) is 15.9 Å². The number of aromatic nitrogens is 2. The summed E-state index contributed by atoms with van der Waals surface area (Å²) in [6.45, 7) is 2.57. The minimum Gasteiger partial charge on any atom is -0.465 e. The van der Waals surface area contributed by atoms with Crippen LogP contribution in [0.15, 0.2) is 39.0 Å². The molecule has 0 saturated carbocycles. The fourth-order valence-electron chi connectivity index (χ4n) is 3.13. The van der Waals surface area contributed by atoms with Crippen LogP contribution in [0.25, 0.3) is 0 Å². The second-order valence-electron chi connectivity index (χ2n) is 6.81. The van der Waals surface area contributed by atoms with Crippen molar-refractivity contribution in [1.29, 1.82) is 0 Å². The Labute approximate surface area is 183 Å². The van der Waals surface area contributed by atoms with E-state index in [1.165, 1.54) is 42.6 Å². The summed E-state index contributed by atoms with van der Waals surface area (Å²) in [7, 11) is -2.31. The van der Waals surface area contributed by atoms with Gasteiger partial charge in [-0.2, -0.15) is 9.29 Å². The molecule has 2 N–H and O–H groups in total. The van der Waals surface area contributed by atoms with Crippen molar-refractivity contribution in [3.05, 3.63) is 46.0 Å². The second kappa shape index (κ2) is 9.62. The number of methoxy groups -OCH3 is 1. The van der Waals surface area contributed by atoms with E-state index in [2.05, 4.69) is 15.3 Å². The third kappa shape index (κ3) is 5.32. The quantitative estimate of drug-likeness (QED) is 0.355. The Morgan fingerprint density at radius 3 is 2.48 bits per heavy atom. The third-order valence-electron chi connectivity index (χ3n) is 4.66. The Morgan fingerprint density at radius 2 is 1.87 bits per heavy atom. The average molecular weight is 467 g/mol. The zero-order valence-corrected chi connectivity index (χ0v) is 18.6. The van der Waals surface area contributed by atoms with E-state index in [9.17, 15) is 22.8 Å². The number of carbonyl (C=O) groups excluding carboxylic acids is 2. The molecule has 0 aliphatic carbocycles. The number of H-pyrrole nitrogens is 1. The molecule has 0 spiro atoms. The standard InChI is InChI=1S/C19H22N4O6S2/c1-12-16(18(25)29-2)17(22-19(26)20-12)30-11-15(24)21-13-5-7-14(8-6-13)31(27,28)23-9-3-4-10-23/h5-8H,3-4,9-11H2,1-2H3,(H,21,24)(H,20,22,26). The van der Waals surface area contributed by atoms with Crippen molar-refractivity contribution in [3.8, 4) is 0 Å². The smallest absolute Gasteiger partial charge is 0.346 e. The second-order valence-corrected chi connectivity index (χ2v) is 9.71. The molecular formula is C19H22N4O6S2. The summed E-state index contributed by atoms with van der Waals surface area (Å²) in [5.74, 6) is -1.19. The summed E-state index contributed by atoms with van der Waals surface area (Å²) in [5, 5.41) is 2.75. The zero-order chi connectivity index (χ0) is 22.6. The lowest BCUT2D eigenvalue weighted by atomic mass is 10.2. The Bertz CT molecular complexity index is 1140. The largest absolute Gasteiger partial charge is 0.465 e. The van der Waals surface area contributed by atoms with Gasteiger partial charge in [-0.05, 0) is 44.0 Å². The van der Waals surface area contributed by atoms with Gasteiger partial charge in [0.15, 0.2) is 0 Å². The fourth-order valence-corrected chi connectivity index (χ4v) is 5.51. The van der Waals surface area contributed by atoms with Crippen LogP contribution in [0.3, 0.4) is 0 Å². The molecule has 0 unspecified atom stereocenters. The van der Waals surface area contributed by atoms with Crippen molar-refractivity contribution in [3.63, 3.8) is 0 Å². The van der Waals surface area contributed by atoms with Crippen molar-refractivity contribution in [2.45, 2.75) is 29.7 Å². The zero-order valence-electron chi connectivity index (χ0n) is 17.0. The van der Waals surface area contributed by atoms with Crippen LogP contribution >= 0.6 is 11.8 Å². The first-order chi connectivity index (χ1) is 14.7. The molecule has 1 aromatic heterocycles. The number of ether oxygens (including phenoxy) is 1. The fraction of sp³-hybridized carbons (Fsp3) is 0.368. The molecule has 2 aromatic rings. The van der Waals surface area contributed by atoms with E-state index >= 15 is 0 Å². The van der Waals surface area contributed by atoms with E-state index in [0.29, 0.717) is 24.5 Å². The van der Waals surface area contributed by atoms with Crippen LogP contribution in [0, 0.1) is 6.92 Å². The maximum Gasteiger partial charge on any atom is 0.346 e. The Hall–Kier alpha value is -2.70. The molecule has 0 atom stereocenters. The Balaban J connectivity index is 1.66. The van der Waals surface area contributed by atoms with Crippen LogP contribution in [-0.4, -0.2) is 60.5 Å². The Kier molecular flexibility index (Phi) is 7.13. The number of nitrogens with zero attached hydrogens (tertiary/aromatic N) is 2. The highest BCUT2D eigenvalue weighted by atomic mass is 32.2. The average Bonchev–Trinajstić information content (AvgIpc) is 3.27. The minimum absolute atomic E-state index is 0.0929. The Morgan fingerprint density at radius 1 is 1.23 bits per heavy atom. The molecule has 166 valence electrons. The number of hydrogen-bond donors (Lipinski definition) is 2. The van der Waals surface area contributed by atoms with E-state index in [4.69, 9.17) is 4.74 Å². The number of nitrogens with one attached hydrogen (secondary N) is 2. The molecule has 1 aromatic carbocycles. The first-order valence-electron chi connectivity index (χ1n) is 9.44. The summed E-state index contributed by atoms with van der Waals surface area (Å²) < 4.78 is 31.3. The lowest BCUT2D eigenvalue weighted by Crippen LogP contribution is -2.27. The summed E-state index contributed by atoms with van der Waals surface area (Å²) in [5.41, 5.74) is 0.179. The number of sulfonamides is 1. The molecule has 1 saturated heterocycles. The number of esters is 1. The van der Waals surface area contributed by atoms with Crippen LogP contribution in [0.4, 0.5) is 5.69 Å². The SMILES string of the molecule is COC(=O)c1c(SCC(=O)Nc2ccc(S(=O)(=O)N3CCCC3)cc2)nc(=O)[nH]c1C. The number of hydrogen-bond acceptors (Lipinski definition) is 8. The molecule has 1 fully saturated rings. The van der Waals surface area contributed by atoms with Crippen molar-refractivity contribution in [2.24, 2.45) is 0 Å². The molecule has 12 heteroatoms. The highest BCUT2D eigenvalue weighted by Gasteiger charge is 2.27. The van der Waals surface area contributed by atoms with Gasteiger partial charge in [0.25, 0.3) is 0 Å². The lowest BCUT2D eigenvalue weighted by molar-refractivity contribution is -0.113. The number of aromatic amines is 1. The van der Waals surface area contributed by atoms with Crippen LogP contribution in [-0.2, 0) is 19.6 Å². The number of benzene rings is 1. The molecule has 1 aliphatic rings. The summed E-state index contributed by atoms with van der Waals surface area (Å²) in [4.78, 5) is 42.3. The van der Waals surface area contributed by atoms with E-state index in [1.807, 2.05) is 0 Å². The summed E-state index contributed by atoms with van der Waals surface area (Å²) in [6, 6.07) is 5.93. The summed E-state index contributed by atoms with van der Waals surface area (Å²) in [6.07, 6.45) is 1.70. The van der Waals surface area contributed by atoms with E-state index in [-0.39, 0.29) is 21.2 Å². The molecule has 0 radical (unpaired) electrons. The number of aryl methyl sites for hydroxylation is 1. The van der Waals surface area contributed by atoms with Crippen LogP contribution < -0.4 is 11.0 Å². The molecular weight excluding hydrogens is 444 g/mol. The maximum absolute atomic E-state index is 12.6. The number of rotatable bonds is 7. The van der Waals surface area contributed by atoms with Crippen LogP contribution in [0.5, 0.6) is 0 Å². The van der Waals surface area contributed by atoms with Crippen molar-refractivity contribution >= 4 is 39.3 Å².